The van der Waals surface area contributed by atoms with Crippen LogP contribution >= 0.6 is 0 Å². The van der Waals surface area contributed by atoms with Crippen molar-refractivity contribution in [3.63, 3.8) is 0 Å². The summed E-state index contributed by atoms with van der Waals surface area (Å²) in [5, 5.41) is 7.92. The number of nitrogens with one attached hydrogen (secondary N) is 1. The molecule has 5 amide bonds. The molecule has 0 fully saturated rings. The first kappa shape index (κ1) is 26.0. The van der Waals surface area contributed by atoms with Crippen LogP contribution in [0.5, 0.6) is 0 Å². The molecule has 0 aromatic heterocycles. The highest BCUT2D eigenvalue weighted by molar-refractivity contribution is 6.42. The van der Waals surface area contributed by atoms with Gasteiger partial charge in [0.25, 0.3) is 23.6 Å². The minimum absolute atomic E-state index is 0.0405. The Hall–Kier alpha value is -4.93. The summed E-state index contributed by atoms with van der Waals surface area (Å²) >= 11 is 0. The van der Waals surface area contributed by atoms with Crippen molar-refractivity contribution in [3.8, 4) is 0 Å². The molecular formula is C32H24N2O8. The number of benzene rings is 5. The molecule has 7 rings (SSSR count). The average Bonchev–Trinajstić information content (AvgIpc) is 2.95. The molecular weight excluding hydrogens is 540 g/mol. The van der Waals surface area contributed by atoms with Crippen LogP contribution in [0.2, 0.25) is 0 Å². The van der Waals surface area contributed by atoms with E-state index in [-0.39, 0.29) is 17.7 Å². The molecule has 0 bridgehead atoms. The summed E-state index contributed by atoms with van der Waals surface area (Å²) in [6.45, 7) is 3.95. The number of ether oxygens (including phenoxy) is 3. The van der Waals surface area contributed by atoms with Crippen LogP contribution in [-0.2, 0) is 14.2 Å². The Morgan fingerprint density at radius 2 is 1.14 bits per heavy atom. The Labute approximate surface area is 238 Å². The molecule has 0 unspecified atom stereocenters. The third-order valence-corrected chi connectivity index (χ3v) is 7.91. The minimum Gasteiger partial charge on any atom is -0.440 e. The van der Waals surface area contributed by atoms with Gasteiger partial charge < -0.3 is 14.2 Å². The summed E-state index contributed by atoms with van der Waals surface area (Å²) in [5.41, 5.74) is 0.0904. The van der Waals surface area contributed by atoms with E-state index in [1.807, 2.05) is 12.1 Å². The summed E-state index contributed by atoms with van der Waals surface area (Å²) in [5.74, 6) is -2.48. The number of rotatable bonds is 6. The predicted octanol–water partition coefficient (Wildman–Crippen LogP) is 4.80. The van der Waals surface area contributed by atoms with Crippen molar-refractivity contribution in [2.45, 2.75) is 19.4 Å². The summed E-state index contributed by atoms with van der Waals surface area (Å²) in [6, 6.07) is 13.7. The largest absolute Gasteiger partial charge is 0.440 e. The monoisotopic (exact) mass is 564 g/mol. The highest BCUT2D eigenvalue weighted by Crippen LogP contribution is 2.45. The van der Waals surface area contributed by atoms with E-state index < -0.39 is 35.3 Å². The van der Waals surface area contributed by atoms with Crippen LogP contribution in [0.1, 0.15) is 55.3 Å². The van der Waals surface area contributed by atoms with Crippen molar-refractivity contribution in [3.05, 3.63) is 70.8 Å². The zero-order chi connectivity index (χ0) is 29.5. The second-order valence-electron chi connectivity index (χ2n) is 11.0. The number of amides is 5. The molecule has 5 aromatic rings. The molecule has 210 valence electrons. The quantitative estimate of drug-likeness (QED) is 0.135. The van der Waals surface area contributed by atoms with Crippen LogP contribution in [0.4, 0.5) is 4.79 Å². The molecule has 5 aromatic carbocycles. The first-order valence-corrected chi connectivity index (χ1v) is 13.4. The smallest absolute Gasteiger partial charge is 0.424 e. The number of carbonyl (C=O) groups excluding carboxylic acids is 5. The van der Waals surface area contributed by atoms with Crippen LogP contribution in [0, 0.1) is 0 Å². The van der Waals surface area contributed by atoms with Crippen LogP contribution in [-0.4, -0.2) is 67.2 Å². The molecule has 42 heavy (non-hydrogen) atoms. The fourth-order valence-corrected chi connectivity index (χ4v) is 6.13. The number of hydrogen-bond donors (Lipinski definition) is 1. The molecule has 2 heterocycles. The van der Waals surface area contributed by atoms with Gasteiger partial charge in [0.15, 0.2) is 0 Å². The van der Waals surface area contributed by atoms with Gasteiger partial charge in [0.05, 0.1) is 19.8 Å². The summed E-state index contributed by atoms with van der Waals surface area (Å²) < 4.78 is 16.0. The molecule has 0 saturated carbocycles. The lowest BCUT2D eigenvalue weighted by atomic mass is 9.82. The Balaban J connectivity index is 1.37. The van der Waals surface area contributed by atoms with E-state index >= 15 is 0 Å². The van der Waals surface area contributed by atoms with Crippen molar-refractivity contribution in [2.24, 2.45) is 0 Å². The van der Waals surface area contributed by atoms with Crippen LogP contribution in [0.25, 0.3) is 43.1 Å². The summed E-state index contributed by atoms with van der Waals surface area (Å²) in [7, 11) is 1.54. The number of hydrogen-bond acceptors (Lipinski definition) is 8. The van der Waals surface area contributed by atoms with Crippen molar-refractivity contribution in [1.29, 1.82) is 0 Å². The normalized spacial score (nSPS) is 15.0. The van der Waals surface area contributed by atoms with Crippen LogP contribution in [0.3, 0.4) is 0 Å². The lowest BCUT2D eigenvalue weighted by Gasteiger charge is -2.31. The van der Waals surface area contributed by atoms with Crippen molar-refractivity contribution in [2.75, 3.05) is 26.9 Å². The van der Waals surface area contributed by atoms with Crippen molar-refractivity contribution >= 4 is 72.8 Å². The van der Waals surface area contributed by atoms with E-state index in [9.17, 15) is 24.0 Å². The van der Waals surface area contributed by atoms with Gasteiger partial charge in [-0.05, 0) is 70.4 Å². The van der Waals surface area contributed by atoms with E-state index in [0.29, 0.717) is 45.4 Å². The fourth-order valence-electron chi connectivity index (χ4n) is 6.13. The number of methoxy groups -OCH3 is 1. The summed E-state index contributed by atoms with van der Waals surface area (Å²) in [4.78, 5) is 66.4. The molecule has 10 nitrogen and oxygen atoms in total. The van der Waals surface area contributed by atoms with Gasteiger partial charge in [0.1, 0.15) is 5.60 Å². The second kappa shape index (κ2) is 9.04. The molecule has 2 aliphatic rings. The van der Waals surface area contributed by atoms with Gasteiger partial charge in [0.2, 0.25) is 0 Å². The van der Waals surface area contributed by atoms with E-state index in [1.54, 1.807) is 57.4 Å². The minimum atomic E-state index is -1.11. The number of carbonyl (C=O) groups is 5. The van der Waals surface area contributed by atoms with Gasteiger partial charge in [0, 0.05) is 40.1 Å². The zero-order valence-electron chi connectivity index (χ0n) is 23.0. The van der Waals surface area contributed by atoms with Gasteiger partial charge in [-0.2, -0.15) is 4.90 Å². The Morgan fingerprint density at radius 3 is 1.62 bits per heavy atom. The average molecular weight is 565 g/mol. The number of nitrogens with zero attached hydrogens (tertiary/aromatic N) is 1. The lowest BCUT2D eigenvalue weighted by Crippen LogP contribution is -2.48. The SMILES string of the molecule is COCCOCC(C)(C)OC(=O)N1C(=O)c2ccc3c4ccc5c6c(ccc(c7ccc(c2c37)C1=O)c64)C(=O)NC5=O. The maximum Gasteiger partial charge on any atom is 0.424 e. The Morgan fingerprint density at radius 1 is 0.690 bits per heavy atom. The van der Waals surface area contributed by atoms with Crippen molar-refractivity contribution < 1.29 is 38.2 Å². The molecule has 1 N–H and O–H groups in total. The topological polar surface area (TPSA) is 128 Å². The molecule has 10 heteroatoms. The van der Waals surface area contributed by atoms with E-state index in [1.165, 1.54) is 0 Å². The van der Waals surface area contributed by atoms with E-state index in [0.717, 1.165) is 26.9 Å². The first-order valence-electron chi connectivity index (χ1n) is 13.4. The molecule has 0 saturated heterocycles. The number of fused-ring (bicyclic) bond motifs is 2. The van der Waals surface area contributed by atoms with Gasteiger partial charge in [-0.3, -0.25) is 24.5 Å². The molecule has 0 radical (unpaired) electrons. The van der Waals surface area contributed by atoms with Gasteiger partial charge >= 0.3 is 6.09 Å². The van der Waals surface area contributed by atoms with Gasteiger partial charge in [-0.25, -0.2) is 4.79 Å². The highest BCUT2D eigenvalue weighted by Gasteiger charge is 2.41. The molecule has 0 spiro atoms. The highest BCUT2D eigenvalue weighted by atomic mass is 16.6. The lowest BCUT2D eigenvalue weighted by molar-refractivity contribution is -0.0486. The van der Waals surface area contributed by atoms with Gasteiger partial charge in [-0.1, -0.05) is 24.3 Å². The predicted molar refractivity (Wildman–Crippen MR) is 153 cm³/mol. The molecule has 0 aliphatic carbocycles. The Kier molecular flexibility index (Phi) is 5.59. The van der Waals surface area contributed by atoms with E-state index in [2.05, 4.69) is 5.32 Å². The van der Waals surface area contributed by atoms with Gasteiger partial charge in [-0.15, -0.1) is 0 Å². The van der Waals surface area contributed by atoms with Crippen molar-refractivity contribution in [1.82, 2.24) is 10.2 Å². The third-order valence-electron chi connectivity index (χ3n) is 7.91. The number of imide groups is 4. The first-order chi connectivity index (χ1) is 20.1. The maximum atomic E-state index is 13.7. The fraction of sp³-hybridized carbons (Fsp3) is 0.219. The maximum absolute atomic E-state index is 13.7. The Bertz CT molecular complexity index is 1940. The third kappa shape index (κ3) is 3.55. The molecule has 0 atom stereocenters. The second-order valence-corrected chi connectivity index (χ2v) is 11.0. The zero-order valence-corrected chi connectivity index (χ0v) is 23.0. The van der Waals surface area contributed by atoms with E-state index in [4.69, 9.17) is 14.2 Å². The van der Waals surface area contributed by atoms with Crippen LogP contribution < -0.4 is 5.32 Å². The van der Waals surface area contributed by atoms with Crippen LogP contribution in [0.15, 0.2) is 48.5 Å². The molecule has 2 aliphatic heterocycles. The summed E-state index contributed by atoms with van der Waals surface area (Å²) in [6.07, 6.45) is -1.09. The standard InChI is InChI=1S/C32H24N2O8/c1-32(2,14-41-13-12-40-3)42-31(39)34-29(37)21-10-6-17-15-4-8-19-25-20(28(36)33-27(19)35)9-5-16(23(15)25)18-7-11-22(30(34)38)26(21)24(17)18/h4-11H,12-14H2,1-3H3,(H,33,35,36).